The van der Waals surface area contributed by atoms with Crippen LogP contribution in [0.5, 0.6) is 0 Å². The predicted octanol–water partition coefficient (Wildman–Crippen LogP) is -0.449. The van der Waals surface area contributed by atoms with Crippen LogP contribution >= 0.6 is 0 Å². The van der Waals surface area contributed by atoms with E-state index < -0.39 is 6.98 Å². The average Bonchev–Trinajstić information content (AvgIpc) is 2.16. The van der Waals surface area contributed by atoms with E-state index in [-0.39, 0.29) is 63.8 Å². The summed E-state index contributed by atoms with van der Waals surface area (Å²) in [5.41, 5.74) is 0.877. The maximum atomic E-state index is 11.9. The van der Waals surface area contributed by atoms with Gasteiger partial charge in [0.15, 0.2) is 0 Å². The first-order valence-corrected chi connectivity index (χ1v) is 4.22. The van der Waals surface area contributed by atoms with Gasteiger partial charge in [0.2, 0.25) is 0 Å². The van der Waals surface area contributed by atoms with Crippen molar-refractivity contribution in [2.45, 2.75) is 6.42 Å². The molecule has 0 atom stereocenters. The van der Waals surface area contributed by atoms with Crippen LogP contribution in [0.1, 0.15) is 11.1 Å². The van der Waals surface area contributed by atoms with Gasteiger partial charge in [-0.2, -0.15) is 5.26 Å². The number of aromatic nitrogens is 1. The number of halogens is 3. The standard InChI is InChI=1S/C9H7BF3N2.K/c11-10(12,13)4-1-9-7-15-6-3-8(9)2-5-14;/h1,3-4,6-7H,2H2;/q-1;+1/b4-1+;. The van der Waals surface area contributed by atoms with Crippen LogP contribution in [-0.2, 0) is 6.42 Å². The van der Waals surface area contributed by atoms with Crippen molar-refractivity contribution in [1.29, 1.82) is 5.26 Å². The summed E-state index contributed by atoms with van der Waals surface area (Å²) in [7, 11) is 0. The van der Waals surface area contributed by atoms with Crippen molar-refractivity contribution in [3.63, 3.8) is 0 Å². The van der Waals surface area contributed by atoms with Gasteiger partial charge in [0.1, 0.15) is 0 Å². The molecule has 78 valence electrons. The molecule has 0 aliphatic rings. The van der Waals surface area contributed by atoms with Gasteiger partial charge in [0.05, 0.1) is 12.5 Å². The summed E-state index contributed by atoms with van der Waals surface area (Å²) in [5.74, 6) is 0.192. The molecule has 0 spiro atoms. The second-order valence-corrected chi connectivity index (χ2v) is 2.89. The average molecular weight is 250 g/mol. The third-order valence-corrected chi connectivity index (χ3v) is 1.71. The predicted molar refractivity (Wildman–Crippen MR) is 51.7 cm³/mol. The SMILES string of the molecule is N#CCc1ccncc1/C=C/[B-](F)(F)F.[K+]. The fourth-order valence-corrected chi connectivity index (χ4v) is 1.04. The van der Waals surface area contributed by atoms with Gasteiger partial charge >= 0.3 is 58.4 Å². The minimum atomic E-state index is -4.95. The molecule has 0 fully saturated rings. The third-order valence-electron chi connectivity index (χ3n) is 1.71. The first-order valence-electron chi connectivity index (χ1n) is 4.22. The largest absolute Gasteiger partial charge is 1.00 e. The normalized spacial score (nSPS) is 10.9. The van der Waals surface area contributed by atoms with E-state index in [1.807, 2.05) is 6.07 Å². The molecule has 16 heavy (non-hydrogen) atoms. The fraction of sp³-hybridized carbons (Fsp3) is 0.111. The Hall–Kier alpha value is -0.129. The van der Waals surface area contributed by atoms with Crippen LogP contribution in [0, 0.1) is 11.3 Å². The molecule has 2 nitrogen and oxygen atoms in total. The maximum Gasteiger partial charge on any atom is 1.00 e. The summed E-state index contributed by atoms with van der Waals surface area (Å²) in [6, 6.07) is 3.42. The van der Waals surface area contributed by atoms with Crippen LogP contribution < -0.4 is 51.4 Å². The topological polar surface area (TPSA) is 36.7 Å². The molecule has 0 saturated carbocycles. The molecule has 0 aliphatic carbocycles. The number of hydrogen-bond donors (Lipinski definition) is 0. The minimum absolute atomic E-state index is 0. The second-order valence-electron chi connectivity index (χ2n) is 2.89. The summed E-state index contributed by atoms with van der Waals surface area (Å²) < 4.78 is 35.8. The summed E-state index contributed by atoms with van der Waals surface area (Å²) in [6.45, 7) is -4.95. The van der Waals surface area contributed by atoms with Crippen molar-refractivity contribution in [1.82, 2.24) is 4.98 Å². The van der Waals surface area contributed by atoms with E-state index in [0.717, 1.165) is 6.08 Å². The van der Waals surface area contributed by atoms with Crippen LogP contribution in [0.25, 0.3) is 6.08 Å². The smallest absolute Gasteiger partial charge is 0.445 e. The molecule has 0 aliphatic heterocycles. The van der Waals surface area contributed by atoms with E-state index in [2.05, 4.69) is 4.98 Å². The summed E-state index contributed by atoms with van der Waals surface area (Å²) >= 11 is 0. The molecule has 0 amide bonds. The van der Waals surface area contributed by atoms with Crippen molar-refractivity contribution in [3.8, 4) is 6.07 Å². The Morgan fingerprint density at radius 3 is 2.69 bits per heavy atom. The maximum absolute atomic E-state index is 11.9. The van der Waals surface area contributed by atoms with Gasteiger partial charge in [-0.1, -0.05) is 6.08 Å². The van der Waals surface area contributed by atoms with E-state index in [1.165, 1.54) is 18.5 Å². The first-order chi connectivity index (χ1) is 7.03. The van der Waals surface area contributed by atoms with Gasteiger partial charge in [0, 0.05) is 12.4 Å². The van der Waals surface area contributed by atoms with Gasteiger partial charge in [-0.25, -0.2) is 0 Å². The van der Waals surface area contributed by atoms with Crippen molar-refractivity contribution in [2.24, 2.45) is 0 Å². The number of rotatable bonds is 3. The van der Waals surface area contributed by atoms with Crippen LogP contribution in [0.3, 0.4) is 0 Å². The molecule has 0 aromatic carbocycles. The molecular weight excluding hydrogens is 243 g/mol. The number of nitriles is 1. The first kappa shape index (κ1) is 15.9. The molecule has 7 heteroatoms. The number of pyridine rings is 1. The zero-order valence-electron chi connectivity index (χ0n) is 8.70. The van der Waals surface area contributed by atoms with Crippen molar-refractivity contribution < 1.29 is 64.3 Å². The molecule has 0 radical (unpaired) electrons. The van der Waals surface area contributed by atoms with E-state index in [9.17, 15) is 12.9 Å². The molecule has 1 heterocycles. The number of hydrogen-bond acceptors (Lipinski definition) is 2. The Morgan fingerprint density at radius 1 is 1.44 bits per heavy atom. The second kappa shape index (κ2) is 7.25. The zero-order valence-corrected chi connectivity index (χ0v) is 11.8. The number of nitrogens with zero attached hydrogens (tertiary/aromatic N) is 2. The van der Waals surface area contributed by atoms with Crippen molar-refractivity contribution >= 4 is 13.1 Å². The molecule has 1 aromatic heterocycles. The van der Waals surface area contributed by atoms with Gasteiger partial charge in [-0.15, -0.1) is 5.98 Å². The van der Waals surface area contributed by atoms with Gasteiger partial charge in [0.25, 0.3) is 0 Å². The zero-order chi connectivity index (χ0) is 11.3. The monoisotopic (exact) mass is 250 g/mol. The van der Waals surface area contributed by atoms with Gasteiger partial charge in [-0.05, 0) is 17.2 Å². The van der Waals surface area contributed by atoms with Crippen LogP contribution in [0.4, 0.5) is 12.9 Å². The summed E-state index contributed by atoms with van der Waals surface area (Å²) in [5, 5.41) is 8.46. The molecule has 0 unspecified atom stereocenters. The molecule has 0 bridgehead atoms. The quantitative estimate of drug-likeness (QED) is 0.681. The van der Waals surface area contributed by atoms with E-state index >= 15 is 0 Å². The van der Waals surface area contributed by atoms with Gasteiger partial charge < -0.3 is 12.9 Å². The molecule has 0 saturated heterocycles. The molecule has 1 aromatic rings. The molecular formula is C9H7BF3KN2. The Bertz CT molecular complexity index is 412. The van der Waals surface area contributed by atoms with Crippen molar-refractivity contribution in [2.75, 3.05) is 0 Å². The summed E-state index contributed by atoms with van der Waals surface area (Å²) in [6.07, 6.45) is 3.78. The Labute approximate surface area is 134 Å². The van der Waals surface area contributed by atoms with Crippen molar-refractivity contribution in [3.05, 3.63) is 35.6 Å². The Kier molecular flexibility index (Phi) is 7.19. The molecule has 0 N–H and O–H groups in total. The Balaban J connectivity index is 0.00000225. The van der Waals surface area contributed by atoms with E-state index in [0.29, 0.717) is 11.1 Å². The Morgan fingerprint density at radius 2 is 2.12 bits per heavy atom. The van der Waals surface area contributed by atoms with Gasteiger partial charge in [-0.3, -0.25) is 4.98 Å². The van der Waals surface area contributed by atoms with Crippen LogP contribution in [-0.4, -0.2) is 12.0 Å². The van der Waals surface area contributed by atoms with Crippen LogP contribution in [0.15, 0.2) is 24.4 Å². The fourth-order valence-electron chi connectivity index (χ4n) is 1.04. The minimum Gasteiger partial charge on any atom is -0.445 e. The summed E-state index contributed by atoms with van der Waals surface area (Å²) in [4.78, 5) is 3.71. The molecule has 1 rings (SSSR count). The van der Waals surface area contributed by atoms with E-state index in [4.69, 9.17) is 5.26 Å². The van der Waals surface area contributed by atoms with Crippen LogP contribution in [0.2, 0.25) is 0 Å². The third kappa shape index (κ3) is 5.82. The van der Waals surface area contributed by atoms with E-state index in [1.54, 1.807) is 0 Å².